The van der Waals surface area contributed by atoms with Gasteiger partial charge in [-0.1, -0.05) is 11.6 Å². The summed E-state index contributed by atoms with van der Waals surface area (Å²) in [4.78, 5) is 20.7. The van der Waals surface area contributed by atoms with Crippen molar-refractivity contribution in [2.75, 3.05) is 14.2 Å². The summed E-state index contributed by atoms with van der Waals surface area (Å²) in [6.45, 7) is 0. The van der Waals surface area contributed by atoms with Gasteiger partial charge in [-0.2, -0.15) is 0 Å². The molecule has 0 heterocycles. The zero-order valence-electron chi connectivity index (χ0n) is 17.3. The van der Waals surface area contributed by atoms with Gasteiger partial charge in [0.1, 0.15) is 11.5 Å². The molecule has 2 N–H and O–H groups in total. The van der Waals surface area contributed by atoms with Crippen LogP contribution in [0.15, 0.2) is 60.2 Å². The summed E-state index contributed by atoms with van der Waals surface area (Å²) < 4.78 is 9.71. The van der Waals surface area contributed by atoms with Crippen molar-refractivity contribution in [3.05, 3.63) is 71.3 Å². The van der Waals surface area contributed by atoms with Crippen LogP contribution in [0.3, 0.4) is 0 Å². The lowest BCUT2D eigenvalue weighted by molar-refractivity contribution is 0.0686. The van der Waals surface area contributed by atoms with E-state index in [9.17, 15) is 9.59 Å². The number of hydrogen-bond acceptors (Lipinski definition) is 4. The van der Waals surface area contributed by atoms with Crippen LogP contribution >= 0.6 is 0 Å². The molecule has 30 heavy (non-hydrogen) atoms. The molecule has 5 rings (SSSR count). The maximum atomic E-state index is 10.4. The fraction of sp³-hybridized carbons (Fsp3) is 0.333. The first kappa shape index (κ1) is 23.0. The third kappa shape index (κ3) is 7.28. The standard InChI is InChI=1S/2C8H8O3.C8H12/c2*1-11-7-4-2-6(3-5-7)8(9)10;1-2-8-5-3-7(1)4-6-8/h2*2-5H,1H3,(H,9,10);1,8H,2-6H2. The van der Waals surface area contributed by atoms with Gasteiger partial charge in [0.2, 0.25) is 0 Å². The Labute approximate surface area is 176 Å². The highest BCUT2D eigenvalue weighted by molar-refractivity contribution is 5.88. The Morgan fingerprint density at radius 3 is 1.33 bits per heavy atom. The van der Waals surface area contributed by atoms with Crippen molar-refractivity contribution in [2.45, 2.75) is 32.1 Å². The van der Waals surface area contributed by atoms with Crippen molar-refractivity contribution in [3.63, 3.8) is 0 Å². The van der Waals surface area contributed by atoms with Crippen molar-refractivity contribution in [2.24, 2.45) is 5.92 Å². The topological polar surface area (TPSA) is 93.1 Å². The number of fused-ring (bicyclic) bond motifs is 3. The monoisotopic (exact) mass is 412 g/mol. The Morgan fingerprint density at radius 1 is 0.767 bits per heavy atom. The minimum atomic E-state index is -0.923. The van der Waals surface area contributed by atoms with Crippen LogP contribution in [-0.4, -0.2) is 36.4 Å². The van der Waals surface area contributed by atoms with E-state index >= 15 is 0 Å². The third-order valence-electron chi connectivity index (χ3n) is 5.16. The Morgan fingerprint density at radius 2 is 1.17 bits per heavy atom. The van der Waals surface area contributed by atoms with E-state index in [0.717, 1.165) is 5.92 Å². The van der Waals surface area contributed by atoms with Crippen molar-refractivity contribution in [1.29, 1.82) is 0 Å². The number of aromatic carboxylic acids is 2. The van der Waals surface area contributed by atoms with Crippen LogP contribution in [-0.2, 0) is 0 Å². The predicted octanol–water partition coefficient (Wildman–Crippen LogP) is 5.29. The second-order valence-electron chi connectivity index (χ2n) is 7.11. The molecule has 0 saturated heterocycles. The number of methoxy groups -OCH3 is 2. The van der Waals surface area contributed by atoms with Gasteiger partial charge in [-0.15, -0.1) is 0 Å². The van der Waals surface area contributed by atoms with Crippen molar-refractivity contribution in [3.8, 4) is 11.5 Å². The molecule has 0 spiro atoms. The lowest BCUT2D eigenvalue weighted by Gasteiger charge is -2.28. The summed E-state index contributed by atoms with van der Waals surface area (Å²) in [5.74, 6) is 0.554. The molecule has 0 aliphatic heterocycles. The molecule has 2 bridgehead atoms. The van der Waals surface area contributed by atoms with Crippen LogP contribution in [0, 0.1) is 5.92 Å². The minimum Gasteiger partial charge on any atom is -0.497 e. The van der Waals surface area contributed by atoms with E-state index in [0.29, 0.717) is 11.5 Å². The number of carbonyl (C=O) groups is 2. The van der Waals surface area contributed by atoms with E-state index in [1.165, 1.54) is 70.6 Å². The Bertz CT molecular complexity index is 785. The molecule has 2 aromatic rings. The highest BCUT2D eigenvalue weighted by atomic mass is 16.5. The van der Waals surface area contributed by atoms with Gasteiger partial charge < -0.3 is 19.7 Å². The number of benzene rings is 2. The number of carboxylic acid groups (broad SMARTS) is 2. The highest BCUT2D eigenvalue weighted by Crippen LogP contribution is 2.36. The highest BCUT2D eigenvalue weighted by Gasteiger charge is 2.19. The van der Waals surface area contributed by atoms with Gasteiger partial charge in [-0.05, 0) is 86.6 Å². The first-order chi connectivity index (χ1) is 14.4. The van der Waals surface area contributed by atoms with Crippen LogP contribution in [0.5, 0.6) is 11.5 Å². The van der Waals surface area contributed by atoms with Gasteiger partial charge >= 0.3 is 11.9 Å². The molecule has 2 aromatic carbocycles. The first-order valence-corrected chi connectivity index (χ1v) is 9.85. The number of hydrogen-bond donors (Lipinski definition) is 2. The fourth-order valence-corrected chi connectivity index (χ4v) is 3.29. The fourth-order valence-electron chi connectivity index (χ4n) is 3.29. The number of allylic oxidation sites excluding steroid dienone is 2. The van der Waals surface area contributed by atoms with Gasteiger partial charge in [0, 0.05) is 0 Å². The van der Waals surface area contributed by atoms with Crippen LogP contribution < -0.4 is 9.47 Å². The maximum Gasteiger partial charge on any atom is 0.335 e. The van der Waals surface area contributed by atoms with Crippen molar-refractivity contribution < 1.29 is 29.3 Å². The molecule has 6 nitrogen and oxygen atoms in total. The lowest BCUT2D eigenvalue weighted by atomic mass is 9.78. The van der Waals surface area contributed by atoms with Gasteiger partial charge in [0.15, 0.2) is 0 Å². The summed E-state index contributed by atoms with van der Waals surface area (Å²) in [6, 6.07) is 12.5. The second kappa shape index (κ2) is 11.7. The summed E-state index contributed by atoms with van der Waals surface area (Å²) in [7, 11) is 3.07. The van der Waals surface area contributed by atoms with Crippen LogP contribution in [0.25, 0.3) is 0 Å². The largest absolute Gasteiger partial charge is 0.497 e. The van der Waals surface area contributed by atoms with E-state index in [1.54, 1.807) is 29.8 Å². The zero-order valence-corrected chi connectivity index (χ0v) is 17.3. The summed E-state index contributed by atoms with van der Waals surface area (Å²) in [5.41, 5.74) is 2.28. The average Bonchev–Trinajstić information content (AvgIpc) is 2.81. The molecule has 3 aliphatic rings. The molecule has 1 saturated carbocycles. The van der Waals surface area contributed by atoms with Crippen molar-refractivity contribution >= 4 is 11.9 Å². The van der Waals surface area contributed by atoms with Gasteiger partial charge in [-0.25, -0.2) is 9.59 Å². The number of carboxylic acids is 2. The summed E-state index contributed by atoms with van der Waals surface area (Å²) >= 11 is 0. The van der Waals surface area contributed by atoms with E-state index in [2.05, 4.69) is 6.08 Å². The normalized spacial score (nSPS) is 14.3. The van der Waals surface area contributed by atoms with E-state index < -0.39 is 11.9 Å². The van der Waals surface area contributed by atoms with E-state index in [4.69, 9.17) is 19.7 Å². The first-order valence-electron chi connectivity index (χ1n) is 9.85. The molecule has 0 atom stereocenters. The number of rotatable bonds is 4. The van der Waals surface area contributed by atoms with Crippen molar-refractivity contribution in [1.82, 2.24) is 0 Å². The Hall–Kier alpha value is -3.28. The molecular formula is C24H28O6. The van der Waals surface area contributed by atoms with E-state index in [-0.39, 0.29) is 11.1 Å². The van der Waals surface area contributed by atoms with Gasteiger partial charge in [0.25, 0.3) is 0 Å². The molecule has 3 aliphatic carbocycles. The maximum absolute atomic E-state index is 10.4. The zero-order chi connectivity index (χ0) is 21.9. The molecule has 0 radical (unpaired) electrons. The molecule has 0 unspecified atom stereocenters. The Balaban J connectivity index is 0.000000162. The van der Waals surface area contributed by atoms with Gasteiger partial charge in [-0.3, -0.25) is 0 Å². The third-order valence-corrected chi connectivity index (χ3v) is 5.16. The molecular weight excluding hydrogens is 384 g/mol. The van der Waals surface area contributed by atoms with Crippen LogP contribution in [0.4, 0.5) is 0 Å². The smallest absolute Gasteiger partial charge is 0.335 e. The number of ether oxygens (including phenoxy) is 2. The molecule has 0 aromatic heterocycles. The second-order valence-corrected chi connectivity index (χ2v) is 7.11. The summed E-state index contributed by atoms with van der Waals surface area (Å²) in [6.07, 6.45) is 9.68. The molecule has 6 heteroatoms. The lowest BCUT2D eigenvalue weighted by Crippen LogP contribution is -2.12. The molecule has 0 amide bonds. The average molecular weight is 412 g/mol. The van der Waals surface area contributed by atoms with Gasteiger partial charge in [0.05, 0.1) is 25.3 Å². The van der Waals surface area contributed by atoms with Crippen LogP contribution in [0.2, 0.25) is 0 Å². The molecule has 1 fully saturated rings. The quantitative estimate of drug-likeness (QED) is 0.663. The SMILES string of the molecule is C1=C2CCC(C1)CC2.COc1ccc(C(=O)O)cc1.COc1ccc(C(=O)O)cc1. The Kier molecular flexibility index (Phi) is 8.94. The minimum absolute atomic E-state index is 0.269. The molecule has 160 valence electrons. The predicted molar refractivity (Wildman–Crippen MR) is 115 cm³/mol. The van der Waals surface area contributed by atoms with E-state index in [1.807, 2.05) is 0 Å². The summed E-state index contributed by atoms with van der Waals surface area (Å²) in [5, 5.41) is 17.0. The van der Waals surface area contributed by atoms with Crippen LogP contribution in [0.1, 0.15) is 52.8 Å².